The molecule has 0 saturated carbocycles. The van der Waals surface area contributed by atoms with E-state index in [2.05, 4.69) is 52.6 Å². The van der Waals surface area contributed by atoms with Crippen molar-refractivity contribution in [3.63, 3.8) is 0 Å². The van der Waals surface area contributed by atoms with Crippen LogP contribution in [0, 0.1) is 17.2 Å². The summed E-state index contributed by atoms with van der Waals surface area (Å²) < 4.78 is 20.0. The number of amides is 1. The summed E-state index contributed by atoms with van der Waals surface area (Å²) in [6.07, 6.45) is 1.84. The zero-order chi connectivity index (χ0) is 30.1. The first-order chi connectivity index (χ1) is 20.8. The van der Waals surface area contributed by atoms with E-state index in [4.69, 9.17) is 26.3 Å². The number of hydrogen-bond donors (Lipinski definition) is 0. The highest BCUT2D eigenvalue weighted by atomic mass is 35.5. The second-order valence-electron chi connectivity index (χ2n) is 11.6. The Kier molecular flexibility index (Phi) is 8.37. The van der Waals surface area contributed by atoms with Crippen LogP contribution in [0.5, 0.6) is 6.01 Å². The minimum atomic E-state index is -1.02. The molecule has 1 amide bonds. The van der Waals surface area contributed by atoms with Gasteiger partial charge in [-0.1, -0.05) is 42.4 Å². The summed E-state index contributed by atoms with van der Waals surface area (Å²) in [7, 11) is 2.11. The molecule has 224 valence electrons. The summed E-state index contributed by atoms with van der Waals surface area (Å²) >= 11 is 6.68. The van der Waals surface area contributed by atoms with Crippen LogP contribution in [0.2, 0.25) is 5.02 Å². The van der Waals surface area contributed by atoms with E-state index in [1.165, 1.54) is 4.90 Å². The van der Waals surface area contributed by atoms with E-state index >= 15 is 0 Å². The van der Waals surface area contributed by atoms with E-state index in [0.717, 1.165) is 59.6 Å². The number of carbonyl (C=O) groups excluding carboxylic acids is 1. The molecule has 2 fully saturated rings. The maximum Gasteiger partial charge on any atom is 0.318 e. The lowest BCUT2D eigenvalue weighted by atomic mass is 10.0. The first kappa shape index (κ1) is 29.1. The van der Waals surface area contributed by atoms with E-state index in [0.29, 0.717) is 49.6 Å². The highest BCUT2D eigenvalue weighted by Crippen LogP contribution is 2.37. The first-order valence-corrected chi connectivity index (χ1v) is 15.1. The number of carbonyl (C=O) groups is 1. The molecule has 0 spiro atoms. The minimum Gasteiger partial charge on any atom is -0.463 e. The van der Waals surface area contributed by atoms with Gasteiger partial charge in [-0.3, -0.25) is 4.79 Å². The molecule has 11 heteroatoms. The number of hydrogen-bond acceptors (Lipinski definition) is 8. The number of nitrogens with zero attached hydrogens (tertiary/aromatic N) is 7. The van der Waals surface area contributed by atoms with Crippen LogP contribution in [0.1, 0.15) is 24.1 Å². The van der Waals surface area contributed by atoms with Crippen LogP contribution in [-0.2, 0) is 17.8 Å². The van der Waals surface area contributed by atoms with Crippen molar-refractivity contribution in [2.24, 2.45) is 5.92 Å². The van der Waals surface area contributed by atoms with Crippen molar-refractivity contribution in [1.29, 1.82) is 5.26 Å². The molecular formula is C32H35ClFN7O2. The van der Waals surface area contributed by atoms with Gasteiger partial charge in [0.15, 0.2) is 5.83 Å². The Balaban J connectivity index is 1.33. The molecule has 3 aliphatic rings. The standard InChI is InChI=1S/C32H35ClFN7O2/c1-21(34)31(42)41-16-15-40(18-24(41)9-12-35)30-25-11-14-39(28-8-4-6-23-5-3-7-26(33)29(23)28)19-27(25)36-32(37-30)43-20-22-10-13-38(2)17-22/h3-8,22,24H,1,9-11,13-20H2,2H3/t22-,24+/m1/s1. The van der Waals surface area contributed by atoms with E-state index < -0.39 is 17.8 Å². The van der Waals surface area contributed by atoms with Crippen molar-refractivity contribution in [1.82, 2.24) is 19.8 Å². The number of rotatable bonds is 7. The molecular weight excluding hydrogens is 569 g/mol. The first-order valence-electron chi connectivity index (χ1n) is 14.7. The van der Waals surface area contributed by atoms with Crippen LogP contribution >= 0.6 is 11.6 Å². The van der Waals surface area contributed by atoms with Gasteiger partial charge in [0.25, 0.3) is 5.91 Å². The predicted octanol–water partition coefficient (Wildman–Crippen LogP) is 4.59. The van der Waals surface area contributed by atoms with Gasteiger partial charge in [-0.25, -0.2) is 4.39 Å². The molecule has 9 nitrogen and oxygen atoms in total. The number of aromatic nitrogens is 2. The smallest absolute Gasteiger partial charge is 0.318 e. The summed E-state index contributed by atoms with van der Waals surface area (Å²) in [6.45, 7) is 8.08. The average Bonchev–Trinajstić information content (AvgIpc) is 3.43. The van der Waals surface area contributed by atoms with E-state index in [1.54, 1.807) is 0 Å². The van der Waals surface area contributed by atoms with Gasteiger partial charge in [0.2, 0.25) is 0 Å². The van der Waals surface area contributed by atoms with Gasteiger partial charge in [-0.15, -0.1) is 0 Å². The monoisotopic (exact) mass is 603 g/mol. The average molecular weight is 604 g/mol. The number of benzene rings is 2. The third-order valence-corrected chi connectivity index (χ3v) is 9.05. The lowest BCUT2D eigenvalue weighted by molar-refractivity contribution is -0.131. The van der Waals surface area contributed by atoms with Crippen molar-refractivity contribution in [2.75, 3.05) is 62.7 Å². The Bertz CT molecular complexity index is 1590. The van der Waals surface area contributed by atoms with E-state index in [9.17, 15) is 14.4 Å². The largest absolute Gasteiger partial charge is 0.463 e. The highest BCUT2D eigenvalue weighted by Gasteiger charge is 2.35. The molecule has 2 atom stereocenters. The van der Waals surface area contributed by atoms with Crippen molar-refractivity contribution >= 4 is 39.8 Å². The van der Waals surface area contributed by atoms with Crippen LogP contribution in [-0.4, -0.2) is 84.6 Å². The normalized spacial score (nSPS) is 20.7. The lowest BCUT2D eigenvalue weighted by Gasteiger charge is -2.42. The van der Waals surface area contributed by atoms with Gasteiger partial charge in [-0.2, -0.15) is 15.2 Å². The van der Waals surface area contributed by atoms with Crippen LogP contribution in [0.4, 0.5) is 15.9 Å². The van der Waals surface area contributed by atoms with E-state index in [1.807, 2.05) is 18.2 Å². The fourth-order valence-electron chi connectivity index (χ4n) is 6.57. The number of likely N-dealkylation sites (tertiary alicyclic amines) is 1. The molecule has 0 radical (unpaired) electrons. The lowest BCUT2D eigenvalue weighted by Crippen LogP contribution is -2.55. The summed E-state index contributed by atoms with van der Waals surface area (Å²) in [5.74, 6) is -0.615. The number of nitriles is 1. The Morgan fingerprint density at radius 3 is 2.70 bits per heavy atom. The molecule has 2 saturated heterocycles. The van der Waals surface area contributed by atoms with Crippen molar-refractivity contribution in [2.45, 2.75) is 31.8 Å². The summed E-state index contributed by atoms with van der Waals surface area (Å²) in [5, 5.41) is 12.3. The molecule has 6 rings (SSSR count). The zero-order valence-electron chi connectivity index (χ0n) is 24.3. The number of anilines is 2. The summed E-state index contributed by atoms with van der Waals surface area (Å²) in [6, 6.07) is 14.1. The van der Waals surface area contributed by atoms with Crippen LogP contribution in [0.25, 0.3) is 10.8 Å². The summed E-state index contributed by atoms with van der Waals surface area (Å²) in [5.41, 5.74) is 2.96. The zero-order valence-corrected chi connectivity index (χ0v) is 25.1. The Morgan fingerprint density at radius 1 is 1.14 bits per heavy atom. The molecule has 0 unspecified atom stereocenters. The van der Waals surface area contributed by atoms with Crippen LogP contribution in [0.15, 0.2) is 48.8 Å². The van der Waals surface area contributed by atoms with Gasteiger partial charge < -0.3 is 24.3 Å². The van der Waals surface area contributed by atoms with E-state index in [-0.39, 0.29) is 13.0 Å². The molecule has 2 aromatic carbocycles. The SMILES string of the molecule is C=C(F)C(=O)N1CCN(c2nc(OC[C@@H]3CCN(C)C3)nc3c2CCN(c2cccc4cccc(Cl)c24)C3)C[C@@H]1CC#N. The second-order valence-corrected chi connectivity index (χ2v) is 12.0. The fraction of sp³-hybridized carbons (Fsp3) is 0.438. The van der Waals surface area contributed by atoms with Crippen molar-refractivity contribution in [3.05, 3.63) is 65.1 Å². The molecule has 0 bridgehead atoms. The molecule has 0 N–H and O–H groups in total. The third-order valence-electron chi connectivity index (χ3n) is 8.73. The Hall–Kier alpha value is -3.94. The molecule has 0 aliphatic carbocycles. The number of fused-ring (bicyclic) bond motifs is 2. The van der Waals surface area contributed by atoms with Gasteiger partial charge in [0, 0.05) is 55.3 Å². The van der Waals surface area contributed by atoms with Gasteiger partial charge >= 0.3 is 6.01 Å². The molecule has 43 heavy (non-hydrogen) atoms. The predicted molar refractivity (Wildman–Crippen MR) is 165 cm³/mol. The van der Waals surface area contributed by atoms with Gasteiger partial charge in [-0.05, 0) is 44.0 Å². The third kappa shape index (κ3) is 5.97. The van der Waals surface area contributed by atoms with Crippen LogP contribution in [0.3, 0.4) is 0 Å². The number of halogens is 2. The van der Waals surface area contributed by atoms with Crippen LogP contribution < -0.4 is 14.5 Å². The van der Waals surface area contributed by atoms with Gasteiger partial charge in [0.05, 0.1) is 42.4 Å². The molecule has 3 aliphatic heterocycles. The summed E-state index contributed by atoms with van der Waals surface area (Å²) in [4.78, 5) is 30.4. The molecule has 3 aromatic rings. The maximum atomic E-state index is 13.8. The number of piperazine rings is 1. The quantitative estimate of drug-likeness (QED) is 0.362. The topological polar surface area (TPSA) is 88.8 Å². The highest BCUT2D eigenvalue weighted by molar-refractivity contribution is 6.36. The molecule has 1 aromatic heterocycles. The second kappa shape index (κ2) is 12.3. The van der Waals surface area contributed by atoms with Crippen molar-refractivity contribution < 1.29 is 13.9 Å². The minimum absolute atomic E-state index is 0.0803. The maximum absolute atomic E-state index is 13.8. The number of ether oxygens (including phenoxy) is 1. The Labute approximate surface area is 256 Å². The van der Waals surface area contributed by atoms with Crippen molar-refractivity contribution in [3.8, 4) is 12.1 Å². The Morgan fingerprint density at radius 2 is 1.95 bits per heavy atom. The van der Waals surface area contributed by atoms with Gasteiger partial charge in [0.1, 0.15) is 5.82 Å². The fourth-order valence-corrected chi connectivity index (χ4v) is 6.84. The molecule has 4 heterocycles.